The number of aromatic nitrogens is 2. The van der Waals surface area contributed by atoms with Gasteiger partial charge in [0.1, 0.15) is 17.6 Å². The Morgan fingerprint density at radius 2 is 1.89 bits per heavy atom. The SMILES string of the molecule is COc1ccccc1C1CCCN1C(=O)C1=C(C)Nc2cc(C(F)(F)F)nn2C1c1ccc(Cl)c(Cl)c1. The summed E-state index contributed by atoms with van der Waals surface area (Å²) in [5.41, 5.74) is 1.03. The number of benzene rings is 2. The smallest absolute Gasteiger partial charge is 0.435 e. The number of nitrogens with one attached hydrogen (secondary N) is 1. The number of ether oxygens (including phenoxy) is 1. The normalized spacial score (nSPS) is 19.6. The van der Waals surface area contributed by atoms with Crippen molar-refractivity contribution in [3.63, 3.8) is 0 Å². The van der Waals surface area contributed by atoms with E-state index in [1.54, 1.807) is 37.1 Å². The van der Waals surface area contributed by atoms with E-state index in [4.69, 9.17) is 27.9 Å². The van der Waals surface area contributed by atoms with Crippen LogP contribution < -0.4 is 10.1 Å². The van der Waals surface area contributed by atoms with Gasteiger partial charge in [-0.15, -0.1) is 0 Å². The molecule has 2 unspecified atom stereocenters. The molecule has 2 aliphatic rings. The lowest BCUT2D eigenvalue weighted by Gasteiger charge is -2.34. The second kappa shape index (κ2) is 9.61. The Balaban J connectivity index is 1.62. The van der Waals surface area contributed by atoms with Gasteiger partial charge in [0.15, 0.2) is 5.69 Å². The molecule has 0 bridgehead atoms. The van der Waals surface area contributed by atoms with Gasteiger partial charge in [-0.05, 0) is 43.5 Å². The van der Waals surface area contributed by atoms with Gasteiger partial charge in [0, 0.05) is 23.9 Å². The summed E-state index contributed by atoms with van der Waals surface area (Å²) in [6.07, 6.45) is -3.15. The van der Waals surface area contributed by atoms with Crippen molar-refractivity contribution >= 4 is 34.9 Å². The lowest BCUT2D eigenvalue weighted by Crippen LogP contribution is -2.38. The maximum absolute atomic E-state index is 14.2. The first-order valence-electron chi connectivity index (χ1n) is 11.6. The van der Waals surface area contributed by atoms with Crippen LogP contribution in [0.25, 0.3) is 0 Å². The zero-order valence-electron chi connectivity index (χ0n) is 19.9. The molecular weight excluding hydrogens is 528 g/mol. The lowest BCUT2D eigenvalue weighted by molar-refractivity contribution is -0.141. The fourth-order valence-corrected chi connectivity index (χ4v) is 5.41. The molecule has 6 nitrogen and oxygen atoms in total. The minimum Gasteiger partial charge on any atom is -0.496 e. The number of likely N-dealkylation sites (tertiary alicyclic amines) is 1. The van der Waals surface area contributed by atoms with Gasteiger partial charge in [0.25, 0.3) is 5.91 Å². The number of fused-ring (bicyclic) bond motifs is 1. The number of nitrogens with zero attached hydrogens (tertiary/aromatic N) is 3. The number of para-hydroxylation sites is 1. The molecule has 0 aliphatic carbocycles. The van der Waals surface area contributed by atoms with Crippen molar-refractivity contribution in [2.75, 3.05) is 19.0 Å². The van der Waals surface area contributed by atoms with Crippen LogP contribution in [0.4, 0.5) is 19.0 Å². The third-order valence-electron chi connectivity index (χ3n) is 6.77. The summed E-state index contributed by atoms with van der Waals surface area (Å²) in [5.74, 6) is 0.495. The van der Waals surface area contributed by atoms with E-state index in [1.807, 2.05) is 24.3 Å². The summed E-state index contributed by atoms with van der Waals surface area (Å²) in [6, 6.07) is 12.0. The van der Waals surface area contributed by atoms with E-state index in [9.17, 15) is 18.0 Å². The molecule has 5 rings (SSSR count). The molecule has 3 heterocycles. The highest BCUT2D eigenvalue weighted by Crippen LogP contribution is 2.44. The van der Waals surface area contributed by atoms with E-state index in [-0.39, 0.29) is 28.4 Å². The summed E-state index contributed by atoms with van der Waals surface area (Å²) < 4.78 is 47.5. The number of methoxy groups -OCH3 is 1. The highest BCUT2D eigenvalue weighted by Gasteiger charge is 2.42. The number of carbonyl (C=O) groups is 1. The molecule has 2 aromatic carbocycles. The Labute approximate surface area is 221 Å². The van der Waals surface area contributed by atoms with Crippen LogP contribution in [-0.2, 0) is 11.0 Å². The van der Waals surface area contributed by atoms with Gasteiger partial charge in [0.05, 0.1) is 28.8 Å². The van der Waals surface area contributed by atoms with Crippen molar-refractivity contribution in [3.8, 4) is 5.75 Å². The molecule has 1 fully saturated rings. The zero-order chi connectivity index (χ0) is 26.5. The van der Waals surface area contributed by atoms with E-state index in [2.05, 4.69) is 10.4 Å². The maximum Gasteiger partial charge on any atom is 0.435 e. The molecule has 3 aromatic rings. The molecule has 0 spiro atoms. The Morgan fingerprint density at radius 3 is 2.59 bits per heavy atom. The molecule has 11 heteroatoms. The Kier molecular flexibility index (Phi) is 6.62. The highest BCUT2D eigenvalue weighted by molar-refractivity contribution is 6.42. The fourth-order valence-electron chi connectivity index (χ4n) is 5.11. The summed E-state index contributed by atoms with van der Waals surface area (Å²) >= 11 is 12.4. The number of carbonyl (C=O) groups excluding carboxylic acids is 1. The van der Waals surface area contributed by atoms with Crippen LogP contribution in [0.2, 0.25) is 10.0 Å². The number of rotatable bonds is 4. The predicted octanol–water partition coefficient (Wildman–Crippen LogP) is 6.87. The van der Waals surface area contributed by atoms with Crippen molar-refractivity contribution < 1.29 is 22.7 Å². The molecular formula is C26H23Cl2F3N4O2. The van der Waals surface area contributed by atoms with Gasteiger partial charge < -0.3 is 15.0 Å². The van der Waals surface area contributed by atoms with Crippen LogP contribution in [0.5, 0.6) is 5.75 Å². The van der Waals surface area contributed by atoms with Crippen LogP contribution in [0, 0.1) is 0 Å². The maximum atomic E-state index is 14.2. The van der Waals surface area contributed by atoms with Crippen LogP contribution >= 0.6 is 23.2 Å². The van der Waals surface area contributed by atoms with Gasteiger partial charge >= 0.3 is 6.18 Å². The van der Waals surface area contributed by atoms with Crippen molar-refractivity contribution in [2.45, 2.75) is 38.0 Å². The van der Waals surface area contributed by atoms with Crippen LogP contribution in [-0.4, -0.2) is 34.2 Å². The molecule has 0 saturated carbocycles. The number of anilines is 1. The number of hydrogen-bond donors (Lipinski definition) is 1. The molecule has 1 N–H and O–H groups in total. The van der Waals surface area contributed by atoms with Gasteiger partial charge in [-0.25, -0.2) is 4.68 Å². The van der Waals surface area contributed by atoms with E-state index < -0.39 is 17.9 Å². The van der Waals surface area contributed by atoms with Crippen molar-refractivity contribution in [2.24, 2.45) is 0 Å². The third-order valence-corrected chi connectivity index (χ3v) is 7.50. The number of alkyl halides is 3. The Hall–Kier alpha value is -3.17. The summed E-state index contributed by atoms with van der Waals surface area (Å²) in [5, 5.41) is 7.33. The fraction of sp³-hybridized carbons (Fsp3) is 0.308. The first-order valence-corrected chi connectivity index (χ1v) is 12.4. The number of hydrogen-bond acceptors (Lipinski definition) is 4. The predicted molar refractivity (Wildman–Crippen MR) is 135 cm³/mol. The average molecular weight is 551 g/mol. The highest BCUT2D eigenvalue weighted by atomic mass is 35.5. The van der Waals surface area contributed by atoms with Crippen LogP contribution in [0.1, 0.15) is 48.7 Å². The van der Waals surface area contributed by atoms with E-state index in [0.29, 0.717) is 28.6 Å². The largest absolute Gasteiger partial charge is 0.496 e. The molecule has 1 amide bonds. The average Bonchev–Trinajstić information content (AvgIpc) is 3.52. The van der Waals surface area contributed by atoms with Crippen molar-refractivity contribution in [1.29, 1.82) is 0 Å². The quantitative estimate of drug-likeness (QED) is 0.385. The minimum absolute atomic E-state index is 0.125. The molecule has 37 heavy (non-hydrogen) atoms. The van der Waals surface area contributed by atoms with Gasteiger partial charge in [-0.2, -0.15) is 18.3 Å². The third kappa shape index (κ3) is 4.55. The molecule has 194 valence electrons. The van der Waals surface area contributed by atoms with Gasteiger partial charge in [0.2, 0.25) is 0 Å². The molecule has 2 atom stereocenters. The summed E-state index contributed by atoms with van der Waals surface area (Å²) in [6.45, 7) is 2.17. The van der Waals surface area contributed by atoms with E-state index in [1.165, 1.54) is 4.68 Å². The van der Waals surface area contributed by atoms with E-state index in [0.717, 1.165) is 24.5 Å². The van der Waals surface area contributed by atoms with Crippen molar-refractivity contribution in [1.82, 2.24) is 14.7 Å². The topological polar surface area (TPSA) is 59.4 Å². The van der Waals surface area contributed by atoms with Crippen molar-refractivity contribution in [3.05, 3.63) is 86.7 Å². The Morgan fingerprint density at radius 1 is 1.14 bits per heavy atom. The molecule has 1 aromatic heterocycles. The first kappa shape index (κ1) is 25.5. The summed E-state index contributed by atoms with van der Waals surface area (Å²) in [4.78, 5) is 16.0. The molecule has 2 aliphatic heterocycles. The monoisotopic (exact) mass is 550 g/mol. The van der Waals surface area contributed by atoms with Gasteiger partial charge in [-0.3, -0.25) is 4.79 Å². The Bertz CT molecular complexity index is 1400. The second-order valence-corrected chi connectivity index (χ2v) is 9.81. The van der Waals surface area contributed by atoms with E-state index >= 15 is 0 Å². The zero-order valence-corrected chi connectivity index (χ0v) is 21.5. The number of halogens is 5. The minimum atomic E-state index is -4.66. The standard InChI is InChI=1S/C26H23Cl2F3N4O2/c1-14-23(25(36)34-11-5-7-19(34)16-6-3-4-8-20(16)37-2)24(15-9-10-17(27)18(28)12-15)35-22(32-14)13-21(33-35)26(29,30)31/h3-4,6,8-10,12-13,19,24,32H,5,7,11H2,1-2H3. The number of amides is 1. The molecule has 0 radical (unpaired) electrons. The second-order valence-electron chi connectivity index (χ2n) is 9.00. The van der Waals surface area contributed by atoms with Crippen LogP contribution in [0.3, 0.4) is 0 Å². The van der Waals surface area contributed by atoms with Gasteiger partial charge in [-0.1, -0.05) is 47.5 Å². The lowest BCUT2D eigenvalue weighted by atomic mass is 9.93. The number of allylic oxidation sites excluding steroid dienone is 1. The van der Waals surface area contributed by atoms with Crippen LogP contribution in [0.15, 0.2) is 59.8 Å². The molecule has 1 saturated heterocycles. The summed E-state index contributed by atoms with van der Waals surface area (Å²) in [7, 11) is 1.58. The first-order chi connectivity index (χ1) is 17.6.